The maximum atomic E-state index is 14.1. The van der Waals surface area contributed by atoms with Gasteiger partial charge in [0.2, 0.25) is 15.9 Å². The van der Waals surface area contributed by atoms with E-state index in [-0.39, 0.29) is 36.1 Å². The molecule has 1 unspecified atom stereocenters. The number of nitrogens with zero attached hydrogens (tertiary/aromatic N) is 1. The molecule has 1 atom stereocenters. The lowest BCUT2D eigenvalue weighted by Gasteiger charge is -2.38. The number of rotatable bonds is 11. The Morgan fingerprint density at radius 1 is 1.04 bits per heavy atom. The molecular weight excluding hydrogens is 650 g/mol. The van der Waals surface area contributed by atoms with Gasteiger partial charge in [-0.3, -0.25) is 4.79 Å². The van der Waals surface area contributed by atoms with Gasteiger partial charge in [0.05, 0.1) is 28.6 Å². The lowest BCUT2D eigenvalue weighted by atomic mass is 9.76. The zero-order chi connectivity index (χ0) is 34.6. The van der Waals surface area contributed by atoms with Crippen LogP contribution in [0.4, 0.5) is 9.18 Å². The molecule has 4 rings (SSSR count). The monoisotopic (exact) mass is 693 g/mol. The largest absolute Gasteiger partial charge is 0.444 e. The van der Waals surface area contributed by atoms with Gasteiger partial charge in [0.1, 0.15) is 17.5 Å². The lowest BCUT2D eigenvalue weighted by molar-refractivity contribution is -0.134. The maximum absolute atomic E-state index is 14.1. The highest BCUT2D eigenvalue weighted by Crippen LogP contribution is 2.46. The topological polar surface area (TPSA) is 148 Å². The summed E-state index contributed by atoms with van der Waals surface area (Å²) in [6.45, 7) is 6.79. The molecule has 1 aliphatic heterocycles. The molecule has 2 aromatic carbocycles. The van der Waals surface area contributed by atoms with Crippen LogP contribution in [0.3, 0.4) is 0 Å². The highest BCUT2D eigenvalue weighted by molar-refractivity contribution is 7.99. The minimum atomic E-state index is -4.03. The van der Waals surface area contributed by atoms with Crippen molar-refractivity contribution in [1.29, 1.82) is 0 Å². The summed E-state index contributed by atoms with van der Waals surface area (Å²) in [6, 6.07) is 10.2. The van der Waals surface area contributed by atoms with Crippen molar-refractivity contribution < 1.29 is 40.3 Å². The molecule has 2 amide bonds. The van der Waals surface area contributed by atoms with Gasteiger partial charge < -0.3 is 19.7 Å². The van der Waals surface area contributed by atoms with E-state index in [9.17, 15) is 30.8 Å². The number of nitrogens with one attached hydrogen (secondary N) is 2. The summed E-state index contributed by atoms with van der Waals surface area (Å²) >= 11 is 0. The Labute approximate surface area is 276 Å². The van der Waals surface area contributed by atoms with Crippen LogP contribution in [0.25, 0.3) is 4.91 Å². The van der Waals surface area contributed by atoms with E-state index >= 15 is 0 Å². The van der Waals surface area contributed by atoms with Gasteiger partial charge in [-0.2, -0.15) is 0 Å². The van der Waals surface area contributed by atoms with E-state index in [1.807, 2.05) is 0 Å². The molecule has 14 heteroatoms. The molecule has 1 spiro atoms. The van der Waals surface area contributed by atoms with Crippen LogP contribution in [-0.2, 0) is 40.7 Å². The number of sulfonamides is 1. The number of carbonyl (C=O) groups is 2. The minimum Gasteiger partial charge on any atom is -0.444 e. The van der Waals surface area contributed by atoms with E-state index in [1.54, 1.807) is 39.8 Å². The highest BCUT2D eigenvalue weighted by atomic mass is 32.2. The Hall–Kier alpha value is -3.33. The van der Waals surface area contributed by atoms with E-state index in [4.69, 9.17) is 9.47 Å². The number of ether oxygens (including phenoxy) is 2. The summed E-state index contributed by atoms with van der Waals surface area (Å²) in [7, 11) is -7.54. The Morgan fingerprint density at radius 2 is 1.66 bits per heavy atom. The third kappa shape index (κ3) is 9.18. The fourth-order valence-corrected chi connectivity index (χ4v) is 8.58. The molecule has 0 saturated heterocycles. The highest BCUT2D eigenvalue weighted by Gasteiger charge is 2.50. The summed E-state index contributed by atoms with van der Waals surface area (Å²) < 4.78 is 79.2. The van der Waals surface area contributed by atoms with Crippen LogP contribution in [0.2, 0.25) is 0 Å². The van der Waals surface area contributed by atoms with Crippen LogP contribution in [0.1, 0.15) is 70.9 Å². The molecule has 2 aromatic rings. The Kier molecular flexibility index (Phi) is 11.2. The fraction of sp³-hybridized carbons (Fsp3) is 0.515. The summed E-state index contributed by atoms with van der Waals surface area (Å²) in [6.07, 6.45) is 3.85. The van der Waals surface area contributed by atoms with Crippen molar-refractivity contribution >= 4 is 36.8 Å². The SMILES string of the molecule is CCN(CC1=C(c2ccc(S(C)(=O)=O)cc2)S(=O)(=O)NC12CCCCC2)C(=O)C(COCc1ccc(F)cc1)NC(=O)OC(C)(C)C. The van der Waals surface area contributed by atoms with Crippen molar-refractivity contribution in [2.45, 2.75) is 88.5 Å². The van der Waals surface area contributed by atoms with Gasteiger partial charge in [-0.25, -0.2) is 30.7 Å². The van der Waals surface area contributed by atoms with E-state index in [0.717, 1.165) is 25.5 Å². The van der Waals surface area contributed by atoms with Crippen molar-refractivity contribution in [3.8, 4) is 0 Å². The zero-order valence-electron chi connectivity index (χ0n) is 27.5. The molecule has 0 aromatic heterocycles. The Bertz CT molecular complexity index is 1700. The van der Waals surface area contributed by atoms with E-state index in [1.165, 1.54) is 41.3 Å². The van der Waals surface area contributed by atoms with Crippen molar-refractivity contribution in [3.63, 3.8) is 0 Å². The average Bonchev–Trinajstić information content (AvgIpc) is 3.19. The summed E-state index contributed by atoms with van der Waals surface area (Å²) in [5, 5.41) is 2.61. The summed E-state index contributed by atoms with van der Waals surface area (Å²) in [5.41, 5.74) is -0.246. The molecule has 1 fully saturated rings. The molecular formula is C33H44FN3O8S2. The van der Waals surface area contributed by atoms with Crippen LogP contribution in [0.15, 0.2) is 59.0 Å². The number of amides is 2. The van der Waals surface area contributed by atoms with Crippen LogP contribution in [0, 0.1) is 5.82 Å². The molecule has 258 valence electrons. The standard InChI is InChI=1S/C33H44FN3O8S2/c1-6-37(30(38)28(35-31(39)45-32(2,3)4)22-44-21-23-10-14-25(34)15-11-23)20-27-29(24-12-16-26(17-13-24)46(5,40)41)47(42,43)36-33(27)18-8-7-9-19-33/h10-17,28,36H,6-9,18-22H2,1-5H3,(H,35,39). The van der Waals surface area contributed by atoms with Crippen molar-refractivity contribution in [1.82, 2.24) is 14.9 Å². The summed E-state index contributed by atoms with van der Waals surface area (Å²) in [4.78, 5) is 28.5. The second-order valence-electron chi connectivity index (χ2n) is 13.0. The quantitative estimate of drug-likeness (QED) is 0.349. The number of likely N-dealkylation sites (N-methyl/N-ethyl adjacent to an activating group) is 1. The van der Waals surface area contributed by atoms with Crippen molar-refractivity contribution in [2.24, 2.45) is 0 Å². The predicted octanol–water partition coefficient (Wildman–Crippen LogP) is 4.53. The lowest BCUT2D eigenvalue weighted by Crippen LogP contribution is -2.54. The summed E-state index contributed by atoms with van der Waals surface area (Å²) in [5.74, 6) is -0.904. The molecule has 2 aliphatic rings. The number of sulfone groups is 1. The number of hydrogen-bond acceptors (Lipinski definition) is 8. The molecule has 0 bridgehead atoms. The van der Waals surface area contributed by atoms with Crippen LogP contribution >= 0.6 is 0 Å². The first kappa shape index (κ1) is 36.5. The first-order valence-electron chi connectivity index (χ1n) is 15.6. The predicted molar refractivity (Wildman–Crippen MR) is 176 cm³/mol. The second-order valence-corrected chi connectivity index (χ2v) is 16.7. The van der Waals surface area contributed by atoms with Gasteiger partial charge >= 0.3 is 6.09 Å². The molecule has 2 N–H and O–H groups in total. The first-order valence-corrected chi connectivity index (χ1v) is 19.0. The van der Waals surface area contributed by atoms with Crippen LogP contribution in [-0.4, -0.2) is 76.9 Å². The van der Waals surface area contributed by atoms with Crippen molar-refractivity contribution in [2.75, 3.05) is 26.0 Å². The molecule has 0 radical (unpaired) electrons. The van der Waals surface area contributed by atoms with Crippen LogP contribution in [0.5, 0.6) is 0 Å². The Morgan fingerprint density at radius 3 is 2.21 bits per heavy atom. The van der Waals surface area contributed by atoms with Gasteiger partial charge in [-0.05, 0) is 81.5 Å². The third-order valence-corrected chi connectivity index (χ3v) is 11.0. The molecule has 1 aliphatic carbocycles. The normalized spacial score (nSPS) is 18.2. The molecule has 11 nitrogen and oxygen atoms in total. The van der Waals surface area contributed by atoms with E-state index in [0.29, 0.717) is 29.5 Å². The molecule has 47 heavy (non-hydrogen) atoms. The zero-order valence-corrected chi connectivity index (χ0v) is 29.1. The van der Waals surface area contributed by atoms with Gasteiger partial charge in [0, 0.05) is 19.3 Å². The van der Waals surface area contributed by atoms with E-state index in [2.05, 4.69) is 10.0 Å². The van der Waals surface area contributed by atoms with Gasteiger partial charge in [0.15, 0.2) is 9.84 Å². The average molecular weight is 694 g/mol. The van der Waals surface area contributed by atoms with Crippen molar-refractivity contribution in [3.05, 3.63) is 71.0 Å². The number of hydrogen-bond donors (Lipinski definition) is 2. The first-order chi connectivity index (χ1) is 21.9. The second kappa shape index (κ2) is 14.4. The molecule has 1 saturated carbocycles. The van der Waals surface area contributed by atoms with E-state index < -0.39 is 54.9 Å². The smallest absolute Gasteiger partial charge is 0.408 e. The van der Waals surface area contributed by atoms with Gasteiger partial charge in [-0.15, -0.1) is 0 Å². The molecule has 1 heterocycles. The van der Waals surface area contributed by atoms with Gasteiger partial charge in [-0.1, -0.05) is 43.5 Å². The maximum Gasteiger partial charge on any atom is 0.408 e. The third-order valence-electron chi connectivity index (χ3n) is 8.20. The number of carbonyl (C=O) groups excluding carboxylic acids is 2. The Balaban J connectivity index is 1.69. The number of halogens is 1. The minimum absolute atomic E-state index is 0.0231. The number of alkyl carbamates (subject to hydrolysis) is 1. The van der Waals surface area contributed by atoms with Gasteiger partial charge in [0.25, 0.3) is 0 Å². The van der Waals surface area contributed by atoms with Crippen LogP contribution < -0.4 is 10.0 Å². The fourth-order valence-electron chi connectivity index (χ4n) is 5.97. The number of benzene rings is 2.